The standard InChI is InChI=1S/C17H14N2O4/c1-22-17(21)16-13(9-10-23-16)11-19-15(20)8-7-14(18-19)12-5-3-2-4-6-12/h2-10H,11H2,1H3. The third-order valence-electron chi connectivity index (χ3n) is 3.37. The summed E-state index contributed by atoms with van der Waals surface area (Å²) in [6, 6.07) is 14.3. The molecule has 0 aliphatic rings. The number of furan rings is 1. The highest BCUT2D eigenvalue weighted by molar-refractivity contribution is 5.87. The van der Waals surface area contributed by atoms with Gasteiger partial charge in [-0.05, 0) is 12.1 Å². The molecule has 0 unspecified atom stereocenters. The SMILES string of the molecule is COC(=O)c1occc1Cn1nc(-c2ccccc2)ccc1=O. The predicted octanol–water partition coefficient (Wildman–Crippen LogP) is 2.34. The van der Waals surface area contributed by atoms with Gasteiger partial charge in [-0.15, -0.1) is 0 Å². The van der Waals surface area contributed by atoms with Crippen LogP contribution in [-0.4, -0.2) is 22.9 Å². The number of nitrogens with zero attached hydrogens (tertiary/aromatic N) is 2. The van der Waals surface area contributed by atoms with Crippen LogP contribution < -0.4 is 5.56 Å². The lowest BCUT2D eigenvalue weighted by Gasteiger charge is -2.07. The molecule has 3 aromatic rings. The Morgan fingerprint density at radius 3 is 2.70 bits per heavy atom. The maximum Gasteiger partial charge on any atom is 0.374 e. The molecule has 0 spiro atoms. The number of ether oxygens (including phenoxy) is 1. The highest BCUT2D eigenvalue weighted by Gasteiger charge is 2.17. The quantitative estimate of drug-likeness (QED) is 0.691. The molecule has 0 N–H and O–H groups in total. The van der Waals surface area contributed by atoms with Gasteiger partial charge in [0.2, 0.25) is 5.76 Å². The summed E-state index contributed by atoms with van der Waals surface area (Å²) in [7, 11) is 1.27. The van der Waals surface area contributed by atoms with Gasteiger partial charge < -0.3 is 9.15 Å². The summed E-state index contributed by atoms with van der Waals surface area (Å²) < 4.78 is 11.1. The van der Waals surface area contributed by atoms with E-state index in [9.17, 15) is 9.59 Å². The molecule has 6 heteroatoms. The first-order valence-corrected chi connectivity index (χ1v) is 6.97. The number of carbonyl (C=O) groups excluding carboxylic acids is 1. The molecule has 0 fully saturated rings. The van der Waals surface area contributed by atoms with E-state index >= 15 is 0 Å². The first-order valence-electron chi connectivity index (χ1n) is 6.97. The van der Waals surface area contributed by atoms with E-state index in [4.69, 9.17) is 4.42 Å². The third kappa shape index (κ3) is 3.06. The zero-order valence-corrected chi connectivity index (χ0v) is 12.4. The van der Waals surface area contributed by atoms with Crippen LogP contribution in [0.1, 0.15) is 16.1 Å². The van der Waals surface area contributed by atoms with Crippen LogP contribution in [0.5, 0.6) is 0 Å². The van der Waals surface area contributed by atoms with Gasteiger partial charge >= 0.3 is 5.97 Å². The largest absolute Gasteiger partial charge is 0.463 e. The first-order chi connectivity index (χ1) is 11.2. The van der Waals surface area contributed by atoms with Crippen molar-refractivity contribution in [1.29, 1.82) is 0 Å². The molecular weight excluding hydrogens is 296 g/mol. The Bertz CT molecular complexity index is 881. The fourth-order valence-corrected chi connectivity index (χ4v) is 2.22. The maximum atomic E-state index is 12.0. The highest BCUT2D eigenvalue weighted by Crippen LogP contribution is 2.16. The minimum atomic E-state index is -0.586. The predicted molar refractivity (Wildman–Crippen MR) is 83.1 cm³/mol. The van der Waals surface area contributed by atoms with Crippen LogP contribution in [0.4, 0.5) is 0 Å². The molecule has 0 aliphatic carbocycles. The van der Waals surface area contributed by atoms with Crippen LogP contribution in [-0.2, 0) is 11.3 Å². The number of carbonyl (C=O) groups is 1. The molecule has 3 rings (SSSR count). The van der Waals surface area contributed by atoms with Crippen molar-refractivity contribution in [3.8, 4) is 11.3 Å². The molecule has 0 radical (unpaired) electrons. The molecule has 1 aromatic carbocycles. The van der Waals surface area contributed by atoms with E-state index in [2.05, 4.69) is 9.84 Å². The zero-order chi connectivity index (χ0) is 16.2. The topological polar surface area (TPSA) is 74.3 Å². The van der Waals surface area contributed by atoms with Crippen LogP contribution in [0.2, 0.25) is 0 Å². The summed E-state index contributed by atoms with van der Waals surface area (Å²) in [5, 5.41) is 4.35. The second-order valence-electron chi connectivity index (χ2n) is 4.85. The van der Waals surface area contributed by atoms with Gasteiger partial charge in [0.05, 0.1) is 25.6 Å². The van der Waals surface area contributed by atoms with Gasteiger partial charge in [0.25, 0.3) is 5.56 Å². The van der Waals surface area contributed by atoms with Crippen molar-refractivity contribution in [3.63, 3.8) is 0 Å². The number of benzene rings is 1. The smallest absolute Gasteiger partial charge is 0.374 e. The van der Waals surface area contributed by atoms with Gasteiger partial charge in [-0.25, -0.2) is 9.48 Å². The lowest BCUT2D eigenvalue weighted by molar-refractivity contribution is 0.0563. The van der Waals surface area contributed by atoms with Gasteiger partial charge in [0.1, 0.15) is 0 Å². The average Bonchev–Trinajstić information content (AvgIpc) is 3.05. The van der Waals surface area contributed by atoms with Crippen molar-refractivity contribution in [3.05, 3.63) is 76.5 Å². The average molecular weight is 310 g/mol. The minimum absolute atomic E-state index is 0.0753. The number of methoxy groups -OCH3 is 1. The van der Waals surface area contributed by atoms with Crippen molar-refractivity contribution in [2.45, 2.75) is 6.54 Å². The zero-order valence-electron chi connectivity index (χ0n) is 12.4. The van der Waals surface area contributed by atoms with Gasteiger partial charge in [-0.2, -0.15) is 5.10 Å². The molecule has 0 aliphatic heterocycles. The van der Waals surface area contributed by atoms with Gasteiger partial charge in [-0.1, -0.05) is 30.3 Å². The normalized spacial score (nSPS) is 10.5. The molecule has 2 heterocycles. The van der Waals surface area contributed by atoms with Crippen molar-refractivity contribution in [1.82, 2.24) is 9.78 Å². The number of aromatic nitrogens is 2. The lowest BCUT2D eigenvalue weighted by Crippen LogP contribution is -2.23. The van der Waals surface area contributed by atoms with Crippen LogP contribution in [0.15, 0.2) is 64.0 Å². The summed E-state index contributed by atoms with van der Waals surface area (Å²) >= 11 is 0. The summed E-state index contributed by atoms with van der Waals surface area (Å²) in [6.45, 7) is 0.125. The molecule has 0 bridgehead atoms. The fraction of sp³-hybridized carbons (Fsp3) is 0.118. The van der Waals surface area contributed by atoms with Gasteiger partial charge in [0, 0.05) is 17.2 Å². The van der Waals surface area contributed by atoms with E-state index in [0.717, 1.165) is 5.56 Å². The van der Waals surface area contributed by atoms with Crippen molar-refractivity contribution < 1.29 is 13.9 Å². The van der Waals surface area contributed by atoms with E-state index in [-0.39, 0.29) is 17.9 Å². The third-order valence-corrected chi connectivity index (χ3v) is 3.37. The van der Waals surface area contributed by atoms with E-state index in [1.54, 1.807) is 12.1 Å². The fourth-order valence-electron chi connectivity index (χ4n) is 2.22. The Kier molecular flexibility index (Phi) is 4.05. The van der Waals surface area contributed by atoms with Gasteiger partial charge in [-0.3, -0.25) is 4.79 Å². The number of esters is 1. The van der Waals surface area contributed by atoms with Crippen molar-refractivity contribution >= 4 is 5.97 Å². The summed E-state index contributed by atoms with van der Waals surface area (Å²) in [5.41, 5.74) is 1.85. The number of rotatable bonds is 4. The molecule has 0 saturated carbocycles. The molecule has 0 saturated heterocycles. The summed E-state index contributed by atoms with van der Waals surface area (Å²) in [6.07, 6.45) is 1.38. The van der Waals surface area contributed by atoms with E-state index in [0.29, 0.717) is 11.3 Å². The Morgan fingerprint density at radius 1 is 1.17 bits per heavy atom. The van der Waals surface area contributed by atoms with Crippen LogP contribution >= 0.6 is 0 Å². The van der Waals surface area contributed by atoms with Crippen LogP contribution in [0, 0.1) is 0 Å². The Labute approximate surface area is 131 Å². The Morgan fingerprint density at radius 2 is 1.96 bits per heavy atom. The number of hydrogen-bond donors (Lipinski definition) is 0. The molecule has 116 valence electrons. The minimum Gasteiger partial charge on any atom is -0.463 e. The van der Waals surface area contributed by atoms with Crippen molar-refractivity contribution in [2.24, 2.45) is 0 Å². The summed E-state index contributed by atoms with van der Waals surface area (Å²) in [5.74, 6) is -0.511. The van der Waals surface area contributed by atoms with E-state index in [1.807, 2.05) is 30.3 Å². The lowest BCUT2D eigenvalue weighted by atomic mass is 10.1. The second-order valence-corrected chi connectivity index (χ2v) is 4.85. The Balaban J connectivity index is 1.96. The highest BCUT2D eigenvalue weighted by atomic mass is 16.5. The van der Waals surface area contributed by atoms with Crippen LogP contribution in [0.25, 0.3) is 11.3 Å². The molecule has 23 heavy (non-hydrogen) atoms. The molecule has 0 atom stereocenters. The van der Waals surface area contributed by atoms with Crippen LogP contribution in [0.3, 0.4) is 0 Å². The molecule has 2 aromatic heterocycles. The second kappa shape index (κ2) is 6.31. The Hall–Kier alpha value is -3.15. The van der Waals surface area contributed by atoms with E-state index < -0.39 is 5.97 Å². The van der Waals surface area contributed by atoms with E-state index in [1.165, 1.54) is 24.1 Å². The van der Waals surface area contributed by atoms with Crippen molar-refractivity contribution in [2.75, 3.05) is 7.11 Å². The summed E-state index contributed by atoms with van der Waals surface area (Å²) in [4.78, 5) is 23.7. The molecule has 6 nitrogen and oxygen atoms in total. The molecule has 0 amide bonds. The monoisotopic (exact) mass is 310 g/mol. The number of hydrogen-bond acceptors (Lipinski definition) is 5. The van der Waals surface area contributed by atoms with Gasteiger partial charge in [0.15, 0.2) is 0 Å². The molecular formula is C17H14N2O4. The maximum absolute atomic E-state index is 12.0. The first kappa shape index (κ1) is 14.8.